The Morgan fingerprint density at radius 1 is 0.333 bits per heavy atom. The van der Waals surface area contributed by atoms with Crippen molar-refractivity contribution in [3.05, 3.63) is 0 Å². The van der Waals surface area contributed by atoms with Gasteiger partial charge in [0.15, 0.2) is 0 Å². The van der Waals surface area contributed by atoms with Crippen molar-refractivity contribution in [1.82, 2.24) is 4.90 Å². The van der Waals surface area contributed by atoms with Crippen LogP contribution in [0.5, 0.6) is 0 Å². The molecule has 0 spiro atoms. The zero-order valence-electron chi connectivity index (χ0n) is 23.5. The highest BCUT2D eigenvalue weighted by atomic mass is 15.1. The van der Waals surface area contributed by atoms with Gasteiger partial charge in [0.05, 0.1) is 0 Å². The molecule has 0 unspecified atom stereocenters. The summed E-state index contributed by atoms with van der Waals surface area (Å²) in [6.45, 7) is 9.26. The second kappa shape index (κ2) is 30.0. The number of nitrogens with two attached hydrogens (primary N) is 1. The topological polar surface area (TPSA) is 29.3 Å². The molecule has 0 aliphatic carbocycles. The Morgan fingerprint density at radius 2 is 0.576 bits per heavy atom. The lowest BCUT2D eigenvalue weighted by atomic mass is 10.0. The second-order valence-electron chi connectivity index (χ2n) is 10.8. The van der Waals surface area contributed by atoms with Gasteiger partial charge in [0, 0.05) is 0 Å². The molecule has 0 rings (SSSR count). The van der Waals surface area contributed by atoms with Gasteiger partial charge in [0.2, 0.25) is 0 Å². The third kappa shape index (κ3) is 28.0. The summed E-state index contributed by atoms with van der Waals surface area (Å²) in [6, 6.07) is 0. The molecule has 0 saturated carbocycles. The number of hydrogen-bond donors (Lipinski definition) is 1. The van der Waals surface area contributed by atoms with Gasteiger partial charge in [0.1, 0.15) is 0 Å². The Balaban J connectivity index is 3.49. The minimum Gasteiger partial charge on any atom is -0.330 e. The van der Waals surface area contributed by atoms with Gasteiger partial charge in [-0.05, 0) is 45.4 Å². The predicted molar refractivity (Wildman–Crippen MR) is 152 cm³/mol. The average molecular weight is 467 g/mol. The van der Waals surface area contributed by atoms with Crippen molar-refractivity contribution in [2.45, 2.75) is 174 Å². The normalized spacial score (nSPS) is 11.6. The van der Waals surface area contributed by atoms with Crippen LogP contribution in [0.4, 0.5) is 0 Å². The van der Waals surface area contributed by atoms with E-state index in [1.807, 2.05) is 0 Å². The van der Waals surface area contributed by atoms with E-state index in [1.165, 1.54) is 174 Å². The molecule has 0 aliphatic rings. The van der Waals surface area contributed by atoms with E-state index in [4.69, 9.17) is 5.73 Å². The Labute approximate surface area is 211 Å². The first-order chi connectivity index (χ1) is 16.3. The Morgan fingerprint density at radius 3 is 0.848 bits per heavy atom. The number of rotatable bonds is 29. The Kier molecular flexibility index (Phi) is 29.9. The molecule has 0 saturated heterocycles. The monoisotopic (exact) mass is 467 g/mol. The van der Waals surface area contributed by atoms with Crippen LogP contribution in [0.3, 0.4) is 0 Å². The summed E-state index contributed by atoms with van der Waals surface area (Å²) in [6.07, 6.45) is 35.7. The molecular weight excluding hydrogens is 400 g/mol. The highest BCUT2D eigenvalue weighted by Gasteiger charge is 2.04. The van der Waals surface area contributed by atoms with Crippen molar-refractivity contribution in [2.75, 3.05) is 26.2 Å². The second-order valence-corrected chi connectivity index (χ2v) is 10.8. The lowest BCUT2D eigenvalue weighted by Gasteiger charge is -2.22. The van der Waals surface area contributed by atoms with Crippen LogP contribution in [-0.2, 0) is 0 Å². The maximum Gasteiger partial charge on any atom is -0.000672 e. The molecule has 2 heteroatoms. The SMILES string of the molecule is CCCCCCCCCCCCCCN(CCCN)CCCCCCCCCCCCCC. The third-order valence-electron chi connectivity index (χ3n) is 7.33. The van der Waals surface area contributed by atoms with Gasteiger partial charge >= 0.3 is 0 Å². The van der Waals surface area contributed by atoms with Gasteiger partial charge in [-0.25, -0.2) is 0 Å². The lowest BCUT2D eigenvalue weighted by Crippen LogP contribution is -2.28. The smallest absolute Gasteiger partial charge is 0.000672 e. The largest absolute Gasteiger partial charge is 0.330 e. The van der Waals surface area contributed by atoms with Crippen LogP contribution < -0.4 is 5.73 Å². The van der Waals surface area contributed by atoms with E-state index in [0.717, 1.165) is 13.0 Å². The van der Waals surface area contributed by atoms with Crippen molar-refractivity contribution >= 4 is 0 Å². The molecule has 0 aromatic carbocycles. The molecule has 0 amide bonds. The average Bonchev–Trinajstić information content (AvgIpc) is 2.83. The van der Waals surface area contributed by atoms with Gasteiger partial charge in [-0.2, -0.15) is 0 Å². The van der Waals surface area contributed by atoms with E-state index in [2.05, 4.69) is 18.7 Å². The highest BCUT2D eigenvalue weighted by Crippen LogP contribution is 2.14. The van der Waals surface area contributed by atoms with Crippen molar-refractivity contribution in [3.63, 3.8) is 0 Å². The first-order valence-corrected chi connectivity index (χ1v) is 15.8. The summed E-state index contributed by atoms with van der Waals surface area (Å²) in [5.41, 5.74) is 5.79. The summed E-state index contributed by atoms with van der Waals surface area (Å²) >= 11 is 0. The van der Waals surface area contributed by atoms with Crippen LogP contribution in [-0.4, -0.2) is 31.1 Å². The highest BCUT2D eigenvalue weighted by molar-refractivity contribution is 4.60. The van der Waals surface area contributed by atoms with Gasteiger partial charge < -0.3 is 10.6 Å². The Hall–Kier alpha value is -0.0800. The molecule has 0 aliphatic heterocycles. The molecule has 0 atom stereocenters. The van der Waals surface area contributed by atoms with Crippen LogP contribution in [0.1, 0.15) is 174 Å². The molecule has 0 fully saturated rings. The summed E-state index contributed by atoms with van der Waals surface area (Å²) < 4.78 is 0. The van der Waals surface area contributed by atoms with Gasteiger partial charge in [-0.15, -0.1) is 0 Å². The first-order valence-electron chi connectivity index (χ1n) is 15.8. The van der Waals surface area contributed by atoms with Gasteiger partial charge in [-0.3, -0.25) is 0 Å². The van der Waals surface area contributed by atoms with E-state index >= 15 is 0 Å². The summed E-state index contributed by atoms with van der Waals surface area (Å²) in [5, 5.41) is 0. The lowest BCUT2D eigenvalue weighted by molar-refractivity contribution is 0.258. The van der Waals surface area contributed by atoms with Crippen LogP contribution in [0, 0.1) is 0 Å². The molecule has 0 heterocycles. The summed E-state index contributed by atoms with van der Waals surface area (Å²) in [7, 11) is 0. The maximum absolute atomic E-state index is 5.79. The fraction of sp³-hybridized carbons (Fsp3) is 1.00. The number of hydrogen-bond acceptors (Lipinski definition) is 2. The molecular formula is C31H66N2. The molecule has 0 aromatic heterocycles. The van der Waals surface area contributed by atoms with Crippen LogP contribution in [0.25, 0.3) is 0 Å². The third-order valence-corrected chi connectivity index (χ3v) is 7.33. The molecule has 0 bridgehead atoms. The molecule has 2 nitrogen and oxygen atoms in total. The van der Waals surface area contributed by atoms with E-state index in [1.54, 1.807) is 0 Å². The number of unbranched alkanes of at least 4 members (excludes halogenated alkanes) is 22. The van der Waals surface area contributed by atoms with E-state index < -0.39 is 0 Å². The maximum atomic E-state index is 5.79. The minimum atomic E-state index is 0.841. The zero-order valence-corrected chi connectivity index (χ0v) is 23.5. The van der Waals surface area contributed by atoms with Crippen LogP contribution >= 0.6 is 0 Å². The molecule has 2 N–H and O–H groups in total. The fourth-order valence-electron chi connectivity index (χ4n) is 5.00. The summed E-state index contributed by atoms with van der Waals surface area (Å²) in [5.74, 6) is 0. The van der Waals surface area contributed by atoms with E-state index in [9.17, 15) is 0 Å². The number of nitrogens with zero attached hydrogens (tertiary/aromatic N) is 1. The molecule has 0 aromatic rings. The van der Waals surface area contributed by atoms with Crippen molar-refractivity contribution in [3.8, 4) is 0 Å². The van der Waals surface area contributed by atoms with Crippen molar-refractivity contribution in [1.29, 1.82) is 0 Å². The summed E-state index contributed by atoms with van der Waals surface area (Å²) in [4.78, 5) is 2.71. The van der Waals surface area contributed by atoms with E-state index in [-0.39, 0.29) is 0 Å². The first kappa shape index (κ1) is 32.9. The van der Waals surface area contributed by atoms with Crippen molar-refractivity contribution in [2.24, 2.45) is 5.73 Å². The quantitative estimate of drug-likeness (QED) is 0.111. The van der Waals surface area contributed by atoms with Crippen LogP contribution in [0.15, 0.2) is 0 Å². The van der Waals surface area contributed by atoms with E-state index in [0.29, 0.717) is 0 Å². The predicted octanol–water partition coefficient (Wildman–Crippen LogP) is 10.0. The fourth-order valence-corrected chi connectivity index (χ4v) is 5.00. The van der Waals surface area contributed by atoms with Gasteiger partial charge in [0.25, 0.3) is 0 Å². The van der Waals surface area contributed by atoms with Crippen molar-refractivity contribution < 1.29 is 0 Å². The standard InChI is InChI=1S/C31H66N2/c1-3-5-7-9-11-13-15-17-19-21-23-25-29-33(31-27-28-32)30-26-24-22-20-18-16-14-12-10-8-6-4-2/h3-32H2,1-2H3. The zero-order chi connectivity index (χ0) is 24.1. The molecule has 33 heavy (non-hydrogen) atoms. The Bertz CT molecular complexity index is 303. The molecule has 200 valence electrons. The molecule has 0 radical (unpaired) electrons. The van der Waals surface area contributed by atoms with Gasteiger partial charge in [-0.1, -0.05) is 155 Å². The van der Waals surface area contributed by atoms with Crippen LogP contribution in [0.2, 0.25) is 0 Å². The minimum absolute atomic E-state index is 0.841.